The van der Waals surface area contributed by atoms with E-state index in [1.54, 1.807) is 29.0 Å². The second kappa shape index (κ2) is 13.6. The van der Waals surface area contributed by atoms with E-state index >= 15 is 4.39 Å². The fourth-order valence-corrected chi connectivity index (χ4v) is 5.85. The van der Waals surface area contributed by atoms with Crippen molar-refractivity contribution < 1.29 is 28.2 Å². The maximum atomic E-state index is 15.7. The van der Waals surface area contributed by atoms with Crippen LogP contribution in [0, 0.1) is 28.4 Å². The number of carbonyl (C=O) groups is 1. The van der Waals surface area contributed by atoms with Crippen molar-refractivity contribution in [3.05, 3.63) is 113 Å². The zero-order valence-corrected chi connectivity index (χ0v) is 26.4. The molecule has 1 amide bonds. The summed E-state index contributed by atoms with van der Waals surface area (Å²) in [6.45, 7) is 1.01. The lowest BCUT2D eigenvalue weighted by Gasteiger charge is -2.31. The number of nitrogen functional groups attached to an aromatic ring is 1. The summed E-state index contributed by atoms with van der Waals surface area (Å²) in [4.78, 5) is 31.5. The number of halogens is 2. The normalized spacial score (nSPS) is 13.8. The largest absolute Gasteiger partial charge is 0.504 e. The number of aromatic nitrogens is 2. The molecule has 4 N–H and O–H groups in total. The highest BCUT2D eigenvalue weighted by molar-refractivity contribution is 6.04. The number of nitrogens with one attached hydrogen (secondary N) is 1. The summed E-state index contributed by atoms with van der Waals surface area (Å²) in [6.07, 6.45) is 5.39. The average Bonchev–Trinajstić information content (AvgIpc) is 3.10. The minimum atomic E-state index is -0.794. The number of hydrogen-bond acceptors (Lipinski definition) is 8. The molecule has 1 fully saturated rings. The third kappa shape index (κ3) is 6.83. The molecule has 0 unspecified atom stereocenters. The van der Waals surface area contributed by atoms with E-state index in [4.69, 9.17) is 15.2 Å². The summed E-state index contributed by atoms with van der Waals surface area (Å²) in [6, 6.07) is 18.1. The Morgan fingerprint density at radius 2 is 1.76 bits per heavy atom. The molecule has 3 aromatic carbocycles. The molecular formula is C37H31F2N5O5. The minimum Gasteiger partial charge on any atom is -0.504 e. The first-order valence-electron chi connectivity index (χ1n) is 15.3. The van der Waals surface area contributed by atoms with Crippen molar-refractivity contribution in [2.45, 2.75) is 19.4 Å². The highest BCUT2D eigenvalue weighted by atomic mass is 19.1. The van der Waals surface area contributed by atoms with Crippen molar-refractivity contribution in [1.29, 1.82) is 5.26 Å². The number of nitrogens with zero attached hydrogens (tertiary/aromatic N) is 3. The van der Waals surface area contributed by atoms with E-state index in [9.17, 15) is 24.3 Å². The SMILES string of the molecule is COc1cc(-c2cnc(N)c(-c3ccc(NC(=O)c4cn(CC5(C#N)CCOCC5)cc(-c5ccc(F)cc5)c4=O)cc3F)c2)ccc1O. The number of phenolic OH excluding ortho intramolecular Hbond substituents is 1. The summed E-state index contributed by atoms with van der Waals surface area (Å²) >= 11 is 0. The van der Waals surface area contributed by atoms with Crippen molar-refractivity contribution in [3.63, 3.8) is 0 Å². The van der Waals surface area contributed by atoms with Crippen molar-refractivity contribution in [2.75, 3.05) is 31.4 Å². The van der Waals surface area contributed by atoms with Gasteiger partial charge in [-0.05, 0) is 72.5 Å². The van der Waals surface area contributed by atoms with Gasteiger partial charge >= 0.3 is 0 Å². The molecule has 3 heterocycles. The van der Waals surface area contributed by atoms with E-state index in [0.717, 1.165) is 6.07 Å². The van der Waals surface area contributed by atoms with Crippen LogP contribution in [0.5, 0.6) is 11.5 Å². The monoisotopic (exact) mass is 663 g/mol. The molecule has 6 rings (SSSR count). The van der Waals surface area contributed by atoms with Crippen LogP contribution in [-0.4, -0.2) is 40.9 Å². The first-order chi connectivity index (χ1) is 23.6. The predicted molar refractivity (Wildman–Crippen MR) is 180 cm³/mol. The van der Waals surface area contributed by atoms with Crippen molar-refractivity contribution in [2.24, 2.45) is 5.41 Å². The molecule has 0 bridgehead atoms. The van der Waals surface area contributed by atoms with Crippen LogP contribution in [0.25, 0.3) is 33.4 Å². The van der Waals surface area contributed by atoms with E-state index in [2.05, 4.69) is 16.4 Å². The number of hydrogen-bond donors (Lipinski definition) is 3. The van der Waals surface area contributed by atoms with Crippen LogP contribution < -0.4 is 21.2 Å². The summed E-state index contributed by atoms with van der Waals surface area (Å²) in [5.74, 6) is -1.70. The number of amides is 1. The predicted octanol–water partition coefficient (Wildman–Crippen LogP) is 6.39. The Kier molecular flexibility index (Phi) is 9.11. The van der Waals surface area contributed by atoms with Crippen molar-refractivity contribution in [1.82, 2.24) is 9.55 Å². The van der Waals surface area contributed by atoms with Gasteiger partial charge in [-0.15, -0.1) is 0 Å². The maximum absolute atomic E-state index is 15.7. The maximum Gasteiger partial charge on any atom is 0.261 e. The molecule has 10 nitrogen and oxygen atoms in total. The molecular weight excluding hydrogens is 632 g/mol. The average molecular weight is 664 g/mol. The number of benzene rings is 3. The number of aromatic hydroxyl groups is 1. The number of anilines is 2. The number of nitrogens with two attached hydrogens (primary N) is 1. The van der Waals surface area contributed by atoms with Gasteiger partial charge in [-0.1, -0.05) is 18.2 Å². The van der Waals surface area contributed by atoms with Gasteiger partial charge in [0.25, 0.3) is 5.91 Å². The fourth-order valence-electron chi connectivity index (χ4n) is 5.85. The Morgan fingerprint density at radius 3 is 2.45 bits per heavy atom. The van der Waals surface area contributed by atoms with E-state index < -0.39 is 28.4 Å². The summed E-state index contributed by atoms with van der Waals surface area (Å²) in [5, 5.41) is 22.6. The number of ether oxygens (including phenoxy) is 2. The van der Waals surface area contributed by atoms with E-state index in [1.165, 1.54) is 62.0 Å². The standard InChI is InChI=1S/C37H31F2N5O5/c1-48-33-15-23(4-9-32(33)45)24-14-28(35(41)42-17-24)27-8-7-26(16-31(27)39)43-36(47)30-19-44(21-37(20-40)10-12-49-13-11-37)18-29(34(30)46)22-2-5-25(38)6-3-22/h2-9,14-19,45H,10-13,21H2,1H3,(H2,41,42)(H,43,47). The van der Waals surface area contributed by atoms with Crippen LogP contribution in [0.1, 0.15) is 23.2 Å². The second-order valence-corrected chi connectivity index (χ2v) is 11.8. The molecule has 5 aromatic rings. The first-order valence-corrected chi connectivity index (χ1v) is 15.3. The van der Waals surface area contributed by atoms with Crippen LogP contribution in [-0.2, 0) is 11.3 Å². The smallest absolute Gasteiger partial charge is 0.261 e. The molecule has 0 saturated carbocycles. The Bertz CT molecular complexity index is 2160. The highest BCUT2D eigenvalue weighted by Gasteiger charge is 2.33. The summed E-state index contributed by atoms with van der Waals surface area (Å²) in [5.41, 5.74) is 6.78. The van der Waals surface area contributed by atoms with Gasteiger partial charge < -0.3 is 30.2 Å². The highest BCUT2D eigenvalue weighted by Crippen LogP contribution is 2.36. The van der Waals surface area contributed by atoms with E-state index in [-0.39, 0.29) is 46.2 Å². The number of nitriles is 1. The number of pyridine rings is 2. The topological polar surface area (TPSA) is 152 Å². The van der Waals surface area contributed by atoms with Crippen LogP contribution in [0.2, 0.25) is 0 Å². The minimum absolute atomic E-state index is 0.0370. The summed E-state index contributed by atoms with van der Waals surface area (Å²) in [7, 11) is 1.43. The molecule has 2 aromatic heterocycles. The van der Waals surface area contributed by atoms with Gasteiger partial charge in [0.1, 0.15) is 23.0 Å². The first kappa shape index (κ1) is 32.9. The van der Waals surface area contributed by atoms with Crippen LogP contribution in [0.3, 0.4) is 0 Å². The van der Waals surface area contributed by atoms with Gasteiger partial charge in [-0.3, -0.25) is 9.59 Å². The van der Waals surface area contributed by atoms with E-state index in [1.807, 2.05) is 0 Å². The summed E-state index contributed by atoms with van der Waals surface area (Å²) < 4.78 is 41.6. The molecule has 0 spiro atoms. The number of methoxy groups -OCH3 is 1. The molecule has 0 atom stereocenters. The molecule has 49 heavy (non-hydrogen) atoms. The lowest BCUT2D eigenvalue weighted by Crippen LogP contribution is -2.33. The molecule has 1 aliphatic heterocycles. The molecule has 0 radical (unpaired) electrons. The molecule has 0 aliphatic carbocycles. The fraction of sp³-hybridized carbons (Fsp3) is 0.189. The second-order valence-electron chi connectivity index (χ2n) is 11.8. The zero-order valence-electron chi connectivity index (χ0n) is 26.4. The Hall–Kier alpha value is -6.06. The van der Waals surface area contributed by atoms with Gasteiger partial charge in [0, 0.05) is 66.3 Å². The number of carbonyl (C=O) groups excluding carboxylic acids is 1. The Labute approximate surface area is 280 Å². The van der Waals surface area contributed by atoms with Crippen LogP contribution in [0.4, 0.5) is 20.3 Å². The van der Waals surface area contributed by atoms with Crippen molar-refractivity contribution in [3.8, 4) is 50.9 Å². The van der Waals surface area contributed by atoms with Gasteiger partial charge in [-0.25, -0.2) is 13.8 Å². The number of rotatable bonds is 8. The Balaban J connectivity index is 1.32. The third-order valence-electron chi connectivity index (χ3n) is 8.60. The van der Waals surface area contributed by atoms with Gasteiger partial charge in [0.2, 0.25) is 5.43 Å². The third-order valence-corrected chi connectivity index (χ3v) is 8.60. The van der Waals surface area contributed by atoms with Gasteiger partial charge in [-0.2, -0.15) is 5.26 Å². The lowest BCUT2D eigenvalue weighted by molar-refractivity contribution is 0.0332. The van der Waals surface area contributed by atoms with Gasteiger partial charge in [0.15, 0.2) is 11.5 Å². The van der Waals surface area contributed by atoms with Crippen LogP contribution in [0.15, 0.2) is 90.1 Å². The molecule has 1 saturated heterocycles. The lowest BCUT2D eigenvalue weighted by atomic mass is 9.81. The quantitative estimate of drug-likeness (QED) is 0.173. The number of phenols is 1. The van der Waals surface area contributed by atoms with Crippen LogP contribution >= 0.6 is 0 Å². The van der Waals surface area contributed by atoms with Crippen molar-refractivity contribution >= 4 is 17.4 Å². The molecule has 248 valence electrons. The molecule has 12 heteroatoms. The Morgan fingerprint density at radius 1 is 1.02 bits per heavy atom. The van der Waals surface area contributed by atoms with Gasteiger partial charge in [0.05, 0.1) is 18.6 Å². The molecule has 1 aliphatic rings. The zero-order chi connectivity index (χ0) is 34.7. The van der Waals surface area contributed by atoms with E-state index in [0.29, 0.717) is 48.3 Å².